The molecule has 2 heterocycles. The molecule has 2 aliphatic rings. The summed E-state index contributed by atoms with van der Waals surface area (Å²) in [7, 11) is 0. The number of nitrogens with zero attached hydrogens (tertiary/aromatic N) is 2. The lowest BCUT2D eigenvalue weighted by atomic mass is 9.75. The number of hydrogen-bond acceptors (Lipinski definition) is 3. The van der Waals surface area contributed by atoms with Crippen molar-refractivity contribution in [3.05, 3.63) is 66.2 Å². The molecule has 6 heteroatoms. The maximum absolute atomic E-state index is 13.5. The van der Waals surface area contributed by atoms with Crippen LogP contribution in [0.2, 0.25) is 0 Å². The summed E-state index contributed by atoms with van der Waals surface area (Å²) in [6, 6.07) is 18.4. The molecule has 0 aromatic heterocycles. The fourth-order valence-corrected chi connectivity index (χ4v) is 4.89. The van der Waals surface area contributed by atoms with Crippen molar-refractivity contribution >= 4 is 23.4 Å². The first-order valence-electron chi connectivity index (χ1n) is 10.5. The van der Waals surface area contributed by atoms with Crippen LogP contribution in [0.3, 0.4) is 0 Å². The summed E-state index contributed by atoms with van der Waals surface area (Å²) in [6.45, 7) is 3.17. The number of fused-ring (bicyclic) bond motifs is 1. The molecule has 6 nitrogen and oxygen atoms in total. The van der Waals surface area contributed by atoms with E-state index in [1.165, 1.54) is 0 Å². The van der Waals surface area contributed by atoms with Crippen molar-refractivity contribution in [3.63, 3.8) is 0 Å². The van der Waals surface area contributed by atoms with Crippen LogP contribution in [0.15, 0.2) is 60.7 Å². The maximum atomic E-state index is 13.5. The van der Waals surface area contributed by atoms with Crippen LogP contribution >= 0.6 is 0 Å². The summed E-state index contributed by atoms with van der Waals surface area (Å²) in [6.07, 6.45) is 1.75. The highest BCUT2D eigenvalue weighted by molar-refractivity contribution is 5.97. The lowest BCUT2D eigenvalue weighted by Gasteiger charge is -2.35. The zero-order chi connectivity index (χ0) is 21.1. The number of amides is 3. The fraction of sp³-hybridized carbons (Fsp3) is 0.375. The van der Waals surface area contributed by atoms with Gasteiger partial charge >= 0.3 is 0 Å². The van der Waals surface area contributed by atoms with E-state index in [0.717, 1.165) is 5.69 Å². The predicted molar refractivity (Wildman–Crippen MR) is 115 cm³/mol. The average Bonchev–Trinajstić information content (AvgIpc) is 3.04. The number of para-hydroxylation sites is 1. The summed E-state index contributed by atoms with van der Waals surface area (Å²) in [4.78, 5) is 42.4. The van der Waals surface area contributed by atoms with Gasteiger partial charge in [-0.15, -0.1) is 0 Å². The molecule has 1 N–H and O–H groups in total. The molecule has 0 radical (unpaired) electrons. The van der Waals surface area contributed by atoms with E-state index in [9.17, 15) is 14.4 Å². The summed E-state index contributed by atoms with van der Waals surface area (Å²) in [5, 5.41) is 3.06. The zero-order valence-corrected chi connectivity index (χ0v) is 17.2. The third kappa shape index (κ3) is 3.70. The highest BCUT2D eigenvalue weighted by atomic mass is 16.2. The molecule has 0 bridgehead atoms. The Balaban J connectivity index is 1.60. The van der Waals surface area contributed by atoms with Crippen LogP contribution in [-0.4, -0.2) is 53.2 Å². The van der Waals surface area contributed by atoms with Gasteiger partial charge in [-0.25, -0.2) is 0 Å². The molecule has 156 valence electrons. The maximum Gasteiger partial charge on any atom is 0.253 e. The number of carbonyl (C=O) groups excluding carboxylic acids is 3. The van der Waals surface area contributed by atoms with E-state index >= 15 is 0 Å². The molecule has 0 saturated carbocycles. The Hall–Kier alpha value is -3.15. The highest BCUT2D eigenvalue weighted by Gasteiger charge is 2.54. The van der Waals surface area contributed by atoms with E-state index < -0.39 is 5.41 Å². The van der Waals surface area contributed by atoms with Crippen LogP contribution < -0.4 is 5.32 Å². The van der Waals surface area contributed by atoms with Crippen LogP contribution in [-0.2, 0) is 9.59 Å². The molecule has 2 atom stereocenters. The van der Waals surface area contributed by atoms with Gasteiger partial charge < -0.3 is 15.1 Å². The Morgan fingerprint density at radius 2 is 1.53 bits per heavy atom. The van der Waals surface area contributed by atoms with Crippen molar-refractivity contribution in [2.45, 2.75) is 32.2 Å². The SMILES string of the molecule is CC(=O)N1CC[C@]2(C(=O)Nc3ccccc3)CCN(C(=O)c3ccccc3)CC[C@H]12. The van der Waals surface area contributed by atoms with Crippen LogP contribution in [0.5, 0.6) is 0 Å². The van der Waals surface area contributed by atoms with Gasteiger partial charge in [0.2, 0.25) is 11.8 Å². The van der Waals surface area contributed by atoms with Crippen LogP contribution in [0.4, 0.5) is 5.69 Å². The molecule has 0 aliphatic carbocycles. The normalized spacial score (nSPS) is 23.4. The van der Waals surface area contributed by atoms with Gasteiger partial charge in [-0.3, -0.25) is 14.4 Å². The first kappa shape index (κ1) is 20.1. The van der Waals surface area contributed by atoms with Gasteiger partial charge in [0.25, 0.3) is 5.91 Å². The first-order valence-corrected chi connectivity index (χ1v) is 10.5. The molecule has 4 rings (SSSR count). The van der Waals surface area contributed by atoms with Gasteiger partial charge in [0.15, 0.2) is 0 Å². The van der Waals surface area contributed by atoms with Crippen LogP contribution in [0.25, 0.3) is 0 Å². The van der Waals surface area contributed by atoms with Crippen molar-refractivity contribution < 1.29 is 14.4 Å². The number of rotatable bonds is 3. The molecule has 2 saturated heterocycles. The van der Waals surface area contributed by atoms with E-state index in [0.29, 0.717) is 44.5 Å². The van der Waals surface area contributed by atoms with Crippen molar-refractivity contribution in [1.29, 1.82) is 0 Å². The van der Waals surface area contributed by atoms with E-state index in [1.807, 2.05) is 70.5 Å². The second kappa shape index (κ2) is 8.30. The molecule has 2 aromatic carbocycles. The molecule has 2 fully saturated rings. The minimum atomic E-state index is -0.687. The molecule has 0 spiro atoms. The minimum Gasteiger partial charge on any atom is -0.339 e. The number of nitrogens with one attached hydrogen (secondary N) is 1. The number of anilines is 1. The lowest BCUT2D eigenvalue weighted by molar-refractivity contribution is -0.133. The standard InChI is InChI=1S/C24H27N3O3/c1-18(28)27-17-14-24(23(30)25-20-10-6-3-7-11-20)13-16-26(15-12-21(24)27)22(29)19-8-4-2-5-9-19/h2-11,21H,12-17H2,1H3,(H,25,30)/t21-,24+/m0/s1. The Bertz CT molecular complexity index is 931. The molecule has 0 unspecified atom stereocenters. The predicted octanol–water partition coefficient (Wildman–Crippen LogP) is 3.17. The smallest absolute Gasteiger partial charge is 0.253 e. The lowest BCUT2D eigenvalue weighted by Crippen LogP contribution is -2.48. The van der Waals surface area contributed by atoms with Gasteiger partial charge in [-0.1, -0.05) is 36.4 Å². The van der Waals surface area contributed by atoms with Gasteiger partial charge in [-0.05, 0) is 43.5 Å². The Morgan fingerprint density at radius 3 is 2.20 bits per heavy atom. The summed E-state index contributed by atoms with van der Waals surface area (Å²) in [5.41, 5.74) is 0.710. The summed E-state index contributed by atoms with van der Waals surface area (Å²) < 4.78 is 0. The van der Waals surface area contributed by atoms with Gasteiger partial charge in [0.1, 0.15) is 0 Å². The van der Waals surface area contributed by atoms with E-state index in [-0.39, 0.29) is 23.8 Å². The highest BCUT2D eigenvalue weighted by Crippen LogP contribution is 2.44. The summed E-state index contributed by atoms with van der Waals surface area (Å²) >= 11 is 0. The van der Waals surface area contributed by atoms with Crippen molar-refractivity contribution in [1.82, 2.24) is 9.80 Å². The van der Waals surface area contributed by atoms with Crippen LogP contribution in [0, 0.1) is 5.41 Å². The third-order valence-electron chi connectivity index (χ3n) is 6.51. The monoisotopic (exact) mass is 405 g/mol. The second-order valence-electron chi connectivity index (χ2n) is 8.15. The number of likely N-dealkylation sites (tertiary alicyclic amines) is 2. The number of carbonyl (C=O) groups is 3. The molecular weight excluding hydrogens is 378 g/mol. The molecule has 30 heavy (non-hydrogen) atoms. The number of hydrogen-bond donors (Lipinski definition) is 1. The second-order valence-corrected chi connectivity index (χ2v) is 8.15. The van der Waals surface area contributed by atoms with E-state index in [4.69, 9.17) is 0 Å². The topological polar surface area (TPSA) is 69.7 Å². The number of benzene rings is 2. The quantitative estimate of drug-likeness (QED) is 0.853. The fourth-order valence-electron chi connectivity index (χ4n) is 4.89. The van der Waals surface area contributed by atoms with Crippen LogP contribution in [0.1, 0.15) is 36.5 Å². The Kier molecular flexibility index (Phi) is 5.57. The first-order chi connectivity index (χ1) is 14.5. The van der Waals surface area contributed by atoms with E-state index in [2.05, 4.69) is 5.32 Å². The third-order valence-corrected chi connectivity index (χ3v) is 6.51. The molecule has 2 aromatic rings. The van der Waals surface area contributed by atoms with Crippen molar-refractivity contribution in [2.24, 2.45) is 5.41 Å². The average molecular weight is 405 g/mol. The minimum absolute atomic E-state index is 0.0165. The molecule has 3 amide bonds. The Labute approximate surface area is 176 Å². The molecule has 2 aliphatic heterocycles. The van der Waals surface area contributed by atoms with Gasteiger partial charge in [0.05, 0.1) is 5.41 Å². The van der Waals surface area contributed by atoms with Gasteiger partial charge in [0, 0.05) is 43.9 Å². The van der Waals surface area contributed by atoms with E-state index in [1.54, 1.807) is 6.92 Å². The Morgan fingerprint density at radius 1 is 0.900 bits per heavy atom. The molecular formula is C24H27N3O3. The van der Waals surface area contributed by atoms with Crippen molar-refractivity contribution in [2.75, 3.05) is 25.0 Å². The summed E-state index contributed by atoms with van der Waals surface area (Å²) in [5.74, 6) is -0.0998. The largest absolute Gasteiger partial charge is 0.339 e. The zero-order valence-electron chi connectivity index (χ0n) is 17.2. The van der Waals surface area contributed by atoms with Gasteiger partial charge in [-0.2, -0.15) is 0 Å². The van der Waals surface area contributed by atoms with Crippen molar-refractivity contribution in [3.8, 4) is 0 Å².